The molecule has 0 aliphatic heterocycles. The van der Waals surface area contributed by atoms with Gasteiger partial charge in [0.1, 0.15) is 17.1 Å². The fourth-order valence-electron chi connectivity index (χ4n) is 1.47. The number of H-pyrrole nitrogens is 1. The van der Waals surface area contributed by atoms with Gasteiger partial charge >= 0.3 is 5.97 Å². The van der Waals surface area contributed by atoms with E-state index in [2.05, 4.69) is 9.97 Å². The minimum Gasteiger partial charge on any atom is -0.477 e. The maximum atomic E-state index is 10.8. The fraction of sp³-hybridized carbons (Fsp3) is 0.200. The number of carbonyl (C=O) groups is 1. The van der Waals surface area contributed by atoms with E-state index in [1.54, 1.807) is 19.9 Å². The van der Waals surface area contributed by atoms with Crippen LogP contribution in [0.4, 0.5) is 0 Å². The first-order valence-corrected chi connectivity index (χ1v) is 4.43. The Bertz CT molecular complexity index is 510. The molecule has 0 saturated carbocycles. The molecule has 0 spiro atoms. The van der Waals surface area contributed by atoms with Crippen molar-refractivity contribution in [3.8, 4) is 11.4 Å². The molecule has 0 saturated heterocycles. The van der Waals surface area contributed by atoms with E-state index < -0.39 is 5.97 Å². The minimum atomic E-state index is -0.972. The zero-order valence-corrected chi connectivity index (χ0v) is 8.37. The topological polar surface area (TPSA) is 79.1 Å². The molecule has 2 rings (SSSR count). The van der Waals surface area contributed by atoms with Crippen LogP contribution in [-0.2, 0) is 0 Å². The summed E-state index contributed by atoms with van der Waals surface area (Å²) in [5.74, 6) is -0.312. The Balaban J connectivity index is 2.52. The zero-order valence-electron chi connectivity index (χ0n) is 8.37. The molecule has 5 nitrogen and oxygen atoms in total. The first kappa shape index (κ1) is 9.51. The van der Waals surface area contributed by atoms with Gasteiger partial charge < -0.3 is 14.5 Å². The van der Waals surface area contributed by atoms with E-state index in [1.165, 1.54) is 6.39 Å². The van der Waals surface area contributed by atoms with Crippen LogP contribution in [0.5, 0.6) is 0 Å². The number of carboxylic acid groups (broad SMARTS) is 1. The molecule has 0 fully saturated rings. The average Bonchev–Trinajstić information content (AvgIpc) is 2.71. The summed E-state index contributed by atoms with van der Waals surface area (Å²) in [7, 11) is 0. The van der Waals surface area contributed by atoms with E-state index in [0.717, 1.165) is 0 Å². The van der Waals surface area contributed by atoms with E-state index >= 15 is 0 Å². The van der Waals surface area contributed by atoms with Crippen molar-refractivity contribution >= 4 is 5.97 Å². The van der Waals surface area contributed by atoms with Crippen LogP contribution < -0.4 is 0 Å². The van der Waals surface area contributed by atoms with E-state index in [0.29, 0.717) is 22.7 Å². The summed E-state index contributed by atoms with van der Waals surface area (Å²) >= 11 is 0. The van der Waals surface area contributed by atoms with Gasteiger partial charge in [-0.25, -0.2) is 9.78 Å². The fourth-order valence-corrected chi connectivity index (χ4v) is 1.47. The number of hydrogen-bond acceptors (Lipinski definition) is 3. The molecule has 0 amide bonds. The Morgan fingerprint density at radius 3 is 2.73 bits per heavy atom. The molecule has 0 unspecified atom stereocenters. The van der Waals surface area contributed by atoms with Gasteiger partial charge in [0.05, 0.1) is 5.69 Å². The number of hydrogen-bond donors (Lipinski definition) is 2. The van der Waals surface area contributed by atoms with Gasteiger partial charge in [-0.1, -0.05) is 0 Å². The Kier molecular flexibility index (Phi) is 2.07. The standard InChI is InChI=1S/C10H10N2O3/c1-5-3-7(12-8(5)10(13)14)9-6(2)15-4-11-9/h3-4,12H,1-2H3,(H,13,14). The van der Waals surface area contributed by atoms with E-state index in [9.17, 15) is 4.79 Å². The van der Waals surface area contributed by atoms with Gasteiger partial charge in [-0.15, -0.1) is 0 Å². The summed E-state index contributed by atoms with van der Waals surface area (Å²) in [6.45, 7) is 3.51. The lowest BCUT2D eigenvalue weighted by atomic mass is 10.2. The molecule has 0 aromatic carbocycles. The van der Waals surface area contributed by atoms with Gasteiger partial charge in [0.25, 0.3) is 0 Å². The third-order valence-corrected chi connectivity index (χ3v) is 2.23. The van der Waals surface area contributed by atoms with Crippen LogP contribution in [0.2, 0.25) is 0 Å². The Hall–Kier alpha value is -2.04. The zero-order chi connectivity index (χ0) is 11.0. The highest BCUT2D eigenvalue weighted by Gasteiger charge is 2.15. The lowest BCUT2D eigenvalue weighted by molar-refractivity contribution is 0.0690. The molecule has 0 bridgehead atoms. The predicted molar refractivity (Wildman–Crippen MR) is 52.7 cm³/mol. The van der Waals surface area contributed by atoms with Crippen molar-refractivity contribution in [2.24, 2.45) is 0 Å². The van der Waals surface area contributed by atoms with Crippen molar-refractivity contribution in [3.63, 3.8) is 0 Å². The Morgan fingerprint density at radius 1 is 1.53 bits per heavy atom. The second-order valence-electron chi connectivity index (χ2n) is 3.30. The van der Waals surface area contributed by atoms with Crippen LogP contribution >= 0.6 is 0 Å². The highest BCUT2D eigenvalue weighted by atomic mass is 16.4. The van der Waals surface area contributed by atoms with E-state index in [1.807, 2.05) is 0 Å². The smallest absolute Gasteiger partial charge is 0.352 e. The van der Waals surface area contributed by atoms with Crippen molar-refractivity contribution < 1.29 is 14.3 Å². The lowest BCUT2D eigenvalue weighted by Crippen LogP contribution is -1.98. The van der Waals surface area contributed by atoms with Gasteiger partial charge in [0.15, 0.2) is 6.39 Å². The highest BCUT2D eigenvalue weighted by molar-refractivity contribution is 5.88. The highest BCUT2D eigenvalue weighted by Crippen LogP contribution is 2.23. The van der Waals surface area contributed by atoms with Crippen LogP contribution in [0.15, 0.2) is 16.9 Å². The van der Waals surface area contributed by atoms with Crippen LogP contribution in [0, 0.1) is 13.8 Å². The lowest BCUT2D eigenvalue weighted by Gasteiger charge is -1.92. The minimum absolute atomic E-state index is 0.187. The van der Waals surface area contributed by atoms with Crippen LogP contribution in [0.3, 0.4) is 0 Å². The third-order valence-electron chi connectivity index (χ3n) is 2.23. The number of aromatic carboxylic acids is 1. The van der Waals surface area contributed by atoms with Crippen LogP contribution in [0.25, 0.3) is 11.4 Å². The molecule has 2 N–H and O–H groups in total. The molecule has 0 radical (unpaired) electrons. The molecule has 2 aromatic heterocycles. The van der Waals surface area contributed by atoms with Crippen molar-refractivity contribution in [1.29, 1.82) is 0 Å². The van der Waals surface area contributed by atoms with Gasteiger partial charge in [0, 0.05) is 0 Å². The Morgan fingerprint density at radius 2 is 2.27 bits per heavy atom. The summed E-state index contributed by atoms with van der Waals surface area (Å²) in [5, 5.41) is 8.87. The summed E-state index contributed by atoms with van der Waals surface area (Å²) in [4.78, 5) is 17.6. The van der Waals surface area contributed by atoms with Crippen LogP contribution in [0.1, 0.15) is 21.8 Å². The first-order chi connectivity index (χ1) is 7.09. The summed E-state index contributed by atoms with van der Waals surface area (Å²) < 4.78 is 5.05. The number of oxazole rings is 1. The first-order valence-electron chi connectivity index (χ1n) is 4.43. The number of aromatic amines is 1. The molecule has 0 atom stereocenters. The second-order valence-corrected chi connectivity index (χ2v) is 3.30. The number of nitrogens with one attached hydrogen (secondary N) is 1. The summed E-state index contributed by atoms with van der Waals surface area (Å²) in [6, 6.07) is 1.74. The van der Waals surface area contributed by atoms with E-state index in [-0.39, 0.29) is 5.69 Å². The van der Waals surface area contributed by atoms with E-state index in [4.69, 9.17) is 9.52 Å². The van der Waals surface area contributed by atoms with Gasteiger partial charge in [0.2, 0.25) is 0 Å². The number of aromatic nitrogens is 2. The van der Waals surface area contributed by atoms with Gasteiger partial charge in [-0.2, -0.15) is 0 Å². The largest absolute Gasteiger partial charge is 0.477 e. The Labute approximate surface area is 85.8 Å². The van der Waals surface area contributed by atoms with Crippen molar-refractivity contribution in [3.05, 3.63) is 29.5 Å². The molecule has 2 aromatic rings. The quantitative estimate of drug-likeness (QED) is 0.787. The van der Waals surface area contributed by atoms with Gasteiger partial charge in [-0.3, -0.25) is 0 Å². The molecule has 15 heavy (non-hydrogen) atoms. The van der Waals surface area contributed by atoms with Crippen molar-refractivity contribution in [1.82, 2.24) is 9.97 Å². The molecular formula is C10H10N2O3. The second kappa shape index (κ2) is 3.27. The van der Waals surface area contributed by atoms with Gasteiger partial charge in [-0.05, 0) is 25.5 Å². The van der Waals surface area contributed by atoms with Crippen LogP contribution in [-0.4, -0.2) is 21.0 Å². The maximum Gasteiger partial charge on any atom is 0.352 e. The molecule has 5 heteroatoms. The summed E-state index contributed by atoms with van der Waals surface area (Å²) in [5.41, 5.74) is 2.18. The van der Waals surface area contributed by atoms with Crippen molar-refractivity contribution in [2.75, 3.05) is 0 Å². The molecule has 0 aliphatic rings. The van der Waals surface area contributed by atoms with Crippen molar-refractivity contribution in [2.45, 2.75) is 13.8 Å². The normalized spacial score (nSPS) is 10.5. The number of carboxylic acids is 1. The number of rotatable bonds is 2. The molecular weight excluding hydrogens is 196 g/mol. The predicted octanol–water partition coefficient (Wildman–Crippen LogP) is 1.98. The number of aryl methyl sites for hydroxylation is 2. The molecule has 78 valence electrons. The molecule has 0 aliphatic carbocycles. The SMILES string of the molecule is Cc1cc(-c2ncoc2C)[nH]c1C(=O)O. The maximum absolute atomic E-state index is 10.8. The third kappa shape index (κ3) is 1.52. The number of nitrogens with zero attached hydrogens (tertiary/aromatic N) is 1. The monoisotopic (exact) mass is 206 g/mol. The molecule has 2 heterocycles. The summed E-state index contributed by atoms with van der Waals surface area (Å²) in [6.07, 6.45) is 1.33. The average molecular weight is 206 g/mol.